The van der Waals surface area contributed by atoms with Crippen LogP contribution in [0.15, 0.2) is 17.1 Å². The molecule has 7 unspecified atom stereocenters. The lowest BCUT2D eigenvalue weighted by Gasteiger charge is -2.16. The molecular formula is C30H46N8O9S. The topological polar surface area (TPSA) is 259 Å². The van der Waals surface area contributed by atoms with Crippen molar-refractivity contribution in [3.63, 3.8) is 0 Å². The van der Waals surface area contributed by atoms with Gasteiger partial charge in [-0.15, -0.1) is 0 Å². The normalized spacial score (nSPS) is 26.2. The minimum absolute atomic E-state index is 0.0254. The molecule has 1 aromatic heterocycles. The number of aliphatic hydroxyl groups excluding tert-OH is 3. The first-order valence-electron chi connectivity index (χ1n) is 16.3. The van der Waals surface area contributed by atoms with E-state index in [4.69, 9.17) is 10.5 Å². The number of hydrogen-bond acceptors (Lipinski definition) is 12. The maximum atomic E-state index is 12.3. The van der Waals surface area contributed by atoms with Crippen molar-refractivity contribution in [1.29, 1.82) is 0 Å². The molecule has 5 amide bonds. The van der Waals surface area contributed by atoms with Crippen LogP contribution in [-0.4, -0.2) is 116 Å². The molecule has 0 radical (unpaired) electrons. The Hall–Kier alpha value is -3.71. The first-order valence-corrected chi connectivity index (χ1v) is 17.3. The first kappa shape index (κ1) is 37.1. The molecule has 3 aliphatic rings. The second-order valence-electron chi connectivity index (χ2n) is 12.0. The zero-order valence-electron chi connectivity index (χ0n) is 26.6. The summed E-state index contributed by atoms with van der Waals surface area (Å²) in [5.41, 5.74) is 4.89. The summed E-state index contributed by atoms with van der Waals surface area (Å²) < 4.78 is 6.57. The molecule has 3 aliphatic heterocycles. The van der Waals surface area contributed by atoms with Gasteiger partial charge in [0.1, 0.15) is 24.4 Å². The van der Waals surface area contributed by atoms with E-state index in [0.717, 1.165) is 43.9 Å². The lowest BCUT2D eigenvalue weighted by molar-refractivity contribution is -0.122. The maximum Gasteiger partial charge on any atom is 0.315 e. The molecule has 7 atom stereocenters. The van der Waals surface area contributed by atoms with E-state index in [9.17, 15) is 39.3 Å². The van der Waals surface area contributed by atoms with Crippen molar-refractivity contribution in [2.75, 3.05) is 37.7 Å². The third-order valence-corrected chi connectivity index (χ3v) is 9.98. The van der Waals surface area contributed by atoms with E-state index in [0.29, 0.717) is 31.1 Å². The van der Waals surface area contributed by atoms with Gasteiger partial charge in [0.2, 0.25) is 23.7 Å². The van der Waals surface area contributed by atoms with Crippen molar-refractivity contribution in [3.8, 4) is 0 Å². The fourth-order valence-corrected chi connectivity index (χ4v) is 7.37. The van der Waals surface area contributed by atoms with Gasteiger partial charge in [-0.05, 0) is 25.7 Å². The van der Waals surface area contributed by atoms with Crippen LogP contribution in [0.25, 0.3) is 6.20 Å². The summed E-state index contributed by atoms with van der Waals surface area (Å²) in [7, 11) is 0. The molecule has 48 heavy (non-hydrogen) atoms. The molecule has 17 nitrogen and oxygen atoms in total. The number of nitrogens with one attached hydrogen (secondary N) is 5. The molecule has 4 rings (SSSR count). The molecule has 0 spiro atoms. The van der Waals surface area contributed by atoms with Crippen molar-refractivity contribution < 1.29 is 39.2 Å². The standard InChI is InChI=1S/C30H46N8O9S/c31-29-37-28(45)17(27-26(44)25(43)19(15-39)47-27)14-38(29)13-9-23(42)34-12-11-33-22(41)7-2-1-5-10-32-21(40)8-4-3-6-20-24-18(16-48-20)35-30(46)36-24/h9,13-14,18-20,24-27,39,43-44H,1-8,10-12,15-16H2,(H,32,40)(H,33,41)(H,34,42)(H2,31,37,45)(H2,35,36,46)/b13-9+. The Morgan fingerprint density at radius 1 is 1.00 bits per heavy atom. The molecule has 3 saturated heterocycles. The zero-order valence-corrected chi connectivity index (χ0v) is 27.5. The van der Waals surface area contributed by atoms with Crippen LogP contribution in [0.3, 0.4) is 0 Å². The van der Waals surface area contributed by atoms with Crippen LogP contribution in [-0.2, 0) is 19.1 Å². The second-order valence-corrected chi connectivity index (χ2v) is 13.3. The number of nitrogens with two attached hydrogens (primary N) is 1. The minimum atomic E-state index is -1.47. The van der Waals surface area contributed by atoms with E-state index in [2.05, 4.69) is 31.6 Å². The molecule has 0 bridgehead atoms. The quantitative estimate of drug-likeness (QED) is 0.0463. The number of thioether (sulfide) groups is 1. The van der Waals surface area contributed by atoms with Crippen molar-refractivity contribution in [3.05, 3.63) is 28.2 Å². The SMILES string of the molecule is Nc1nc(=O)c(C2OC(CO)C(O)C2O)cn1/C=C/C(=O)NCCNC(=O)CCCCCNC(=O)CCCCC1SCC2NC(=O)NC21. The number of aromatic nitrogens is 2. The largest absolute Gasteiger partial charge is 0.394 e. The molecule has 10 N–H and O–H groups in total. The summed E-state index contributed by atoms with van der Waals surface area (Å²) in [6.45, 7) is 0.392. The van der Waals surface area contributed by atoms with Gasteiger partial charge in [0.25, 0.3) is 5.56 Å². The van der Waals surface area contributed by atoms with E-state index in [-0.39, 0.29) is 54.5 Å². The number of aliphatic hydroxyl groups is 3. The van der Waals surface area contributed by atoms with Crippen LogP contribution in [0.2, 0.25) is 0 Å². The number of carbonyl (C=O) groups is 4. The van der Waals surface area contributed by atoms with E-state index in [1.807, 2.05) is 11.8 Å². The molecule has 0 aromatic carbocycles. The van der Waals surface area contributed by atoms with E-state index < -0.39 is 42.5 Å². The number of rotatable bonds is 18. The van der Waals surface area contributed by atoms with Gasteiger partial charge < -0.3 is 52.4 Å². The predicted octanol–water partition coefficient (Wildman–Crippen LogP) is -1.91. The van der Waals surface area contributed by atoms with Gasteiger partial charge in [-0.2, -0.15) is 16.7 Å². The van der Waals surface area contributed by atoms with E-state index in [1.54, 1.807) is 0 Å². The van der Waals surface area contributed by atoms with Crippen LogP contribution < -0.4 is 37.9 Å². The summed E-state index contributed by atoms with van der Waals surface area (Å²) >= 11 is 1.87. The molecule has 0 saturated carbocycles. The van der Waals surface area contributed by atoms with E-state index in [1.165, 1.54) is 17.0 Å². The van der Waals surface area contributed by atoms with Crippen LogP contribution in [0.4, 0.5) is 10.7 Å². The third-order valence-electron chi connectivity index (χ3n) is 8.47. The Morgan fingerprint density at radius 3 is 2.44 bits per heavy atom. The number of fused-ring (bicyclic) bond motifs is 1. The van der Waals surface area contributed by atoms with Crippen LogP contribution >= 0.6 is 11.8 Å². The highest BCUT2D eigenvalue weighted by Crippen LogP contribution is 2.33. The molecule has 266 valence electrons. The number of unbranched alkanes of at least 4 members (excludes halogenated alkanes) is 3. The summed E-state index contributed by atoms with van der Waals surface area (Å²) in [5, 5.41) is 44.1. The number of anilines is 1. The molecular weight excluding hydrogens is 648 g/mol. The van der Waals surface area contributed by atoms with Gasteiger partial charge in [0.05, 0.1) is 24.3 Å². The summed E-state index contributed by atoms with van der Waals surface area (Å²) in [6.07, 6.45) is 4.20. The second kappa shape index (κ2) is 18.2. The summed E-state index contributed by atoms with van der Waals surface area (Å²) in [5.74, 6) is 0.0868. The van der Waals surface area contributed by atoms with E-state index >= 15 is 0 Å². The number of nitrogen functional groups attached to an aromatic ring is 1. The number of ether oxygens (including phenoxy) is 1. The molecule has 18 heteroatoms. The highest BCUT2D eigenvalue weighted by molar-refractivity contribution is 8.00. The van der Waals surface area contributed by atoms with Gasteiger partial charge in [-0.1, -0.05) is 12.8 Å². The monoisotopic (exact) mass is 694 g/mol. The van der Waals surface area contributed by atoms with Crippen molar-refractivity contribution in [2.24, 2.45) is 0 Å². The Labute approximate surface area is 281 Å². The molecule has 0 aliphatic carbocycles. The fourth-order valence-electron chi connectivity index (χ4n) is 5.83. The number of amides is 5. The van der Waals surface area contributed by atoms with Gasteiger partial charge in [-0.25, -0.2) is 4.79 Å². The van der Waals surface area contributed by atoms with Crippen LogP contribution in [0, 0.1) is 0 Å². The first-order chi connectivity index (χ1) is 23.1. The van der Waals surface area contributed by atoms with Crippen molar-refractivity contribution >= 4 is 47.7 Å². The number of nitrogens with zero attached hydrogens (tertiary/aromatic N) is 2. The molecule has 1 aromatic rings. The van der Waals surface area contributed by atoms with Crippen LogP contribution in [0.5, 0.6) is 0 Å². The predicted molar refractivity (Wildman–Crippen MR) is 176 cm³/mol. The maximum absolute atomic E-state index is 12.3. The molecule has 4 heterocycles. The van der Waals surface area contributed by atoms with Crippen molar-refractivity contribution in [1.82, 2.24) is 36.1 Å². The highest BCUT2D eigenvalue weighted by atomic mass is 32.2. The lowest BCUT2D eigenvalue weighted by atomic mass is 10.0. The minimum Gasteiger partial charge on any atom is -0.394 e. The molecule has 3 fully saturated rings. The van der Waals surface area contributed by atoms with Gasteiger partial charge in [0.15, 0.2) is 0 Å². The Balaban J connectivity index is 1.01. The third kappa shape index (κ3) is 10.4. The Kier molecular flexibility index (Phi) is 14.0. The Bertz CT molecular complexity index is 1380. The average Bonchev–Trinajstić information content (AvgIpc) is 3.70. The number of carbonyl (C=O) groups excluding carboxylic acids is 4. The van der Waals surface area contributed by atoms with Gasteiger partial charge in [-0.3, -0.25) is 23.7 Å². The lowest BCUT2D eigenvalue weighted by Crippen LogP contribution is -2.36. The smallest absolute Gasteiger partial charge is 0.315 e. The summed E-state index contributed by atoms with van der Waals surface area (Å²) in [4.78, 5) is 63.9. The van der Waals surface area contributed by atoms with Crippen LogP contribution in [0.1, 0.15) is 63.0 Å². The average molecular weight is 695 g/mol. The summed E-state index contributed by atoms with van der Waals surface area (Å²) in [6, 6.07) is 0.317. The van der Waals surface area contributed by atoms with Crippen molar-refractivity contribution in [2.45, 2.75) is 93.1 Å². The Morgan fingerprint density at radius 2 is 1.71 bits per heavy atom. The van der Waals surface area contributed by atoms with Gasteiger partial charge >= 0.3 is 6.03 Å². The zero-order chi connectivity index (χ0) is 34.6. The highest BCUT2D eigenvalue weighted by Gasteiger charge is 2.44. The number of urea groups is 1. The van der Waals surface area contributed by atoms with Gasteiger partial charge in [0, 0.05) is 62.0 Å². The number of hydrogen-bond donors (Lipinski definition) is 9. The fraction of sp³-hybridized carbons (Fsp3) is 0.667.